The minimum atomic E-state index is -0.103. The summed E-state index contributed by atoms with van der Waals surface area (Å²) >= 11 is 0. The number of amides is 1. The quantitative estimate of drug-likeness (QED) is 0.938. The molecule has 0 bridgehead atoms. The zero-order chi connectivity index (χ0) is 14.7. The highest BCUT2D eigenvalue weighted by Gasteiger charge is 2.18. The Hall–Kier alpha value is -2.07. The zero-order valence-electron chi connectivity index (χ0n) is 11.9. The normalized spacial score (nSPS) is 14.6. The fourth-order valence-electron chi connectivity index (χ4n) is 2.81. The van der Waals surface area contributed by atoms with Crippen molar-refractivity contribution in [1.82, 2.24) is 4.90 Å². The Balaban J connectivity index is 1.78. The van der Waals surface area contributed by atoms with Crippen LogP contribution in [-0.2, 0) is 11.4 Å². The van der Waals surface area contributed by atoms with Crippen molar-refractivity contribution in [2.75, 3.05) is 19.7 Å². The highest BCUT2D eigenvalue weighted by molar-refractivity contribution is 5.88. The van der Waals surface area contributed by atoms with Crippen molar-refractivity contribution >= 4 is 16.7 Å². The molecule has 0 atom stereocenters. The number of fused-ring (bicyclic) bond motifs is 1. The lowest BCUT2D eigenvalue weighted by molar-refractivity contribution is -0.132. The number of benzene rings is 2. The van der Waals surface area contributed by atoms with E-state index in [4.69, 9.17) is 4.74 Å². The van der Waals surface area contributed by atoms with Crippen LogP contribution in [0.25, 0.3) is 10.8 Å². The van der Waals surface area contributed by atoms with Crippen LogP contribution in [0.2, 0.25) is 0 Å². The summed E-state index contributed by atoms with van der Waals surface area (Å²) in [6, 6.07) is 11.6. The summed E-state index contributed by atoms with van der Waals surface area (Å²) in [4.78, 5) is 13.9. The summed E-state index contributed by atoms with van der Waals surface area (Å²) < 4.78 is 5.66. The number of ether oxygens (including phenoxy) is 1. The molecular formula is C17H19NO3. The second-order valence-corrected chi connectivity index (χ2v) is 5.30. The van der Waals surface area contributed by atoms with Crippen molar-refractivity contribution < 1.29 is 14.6 Å². The van der Waals surface area contributed by atoms with Gasteiger partial charge in [0.25, 0.3) is 5.91 Å². The van der Waals surface area contributed by atoms with Crippen molar-refractivity contribution in [2.24, 2.45) is 0 Å². The average Bonchev–Trinajstić information content (AvgIpc) is 3.06. The van der Waals surface area contributed by atoms with E-state index in [1.807, 2.05) is 41.3 Å². The van der Waals surface area contributed by atoms with Crippen LogP contribution in [0.1, 0.15) is 18.4 Å². The summed E-state index contributed by atoms with van der Waals surface area (Å²) in [5, 5.41) is 11.6. The highest BCUT2D eigenvalue weighted by atomic mass is 16.5. The van der Waals surface area contributed by atoms with Gasteiger partial charge in [0, 0.05) is 18.7 Å². The van der Waals surface area contributed by atoms with Crippen LogP contribution < -0.4 is 4.74 Å². The molecule has 0 aliphatic carbocycles. The number of nitrogens with zero attached hydrogens (tertiary/aromatic N) is 1. The molecule has 3 rings (SSSR count). The molecule has 1 fully saturated rings. The van der Waals surface area contributed by atoms with Crippen LogP contribution in [0.5, 0.6) is 5.75 Å². The lowest BCUT2D eigenvalue weighted by atomic mass is 10.0. The maximum atomic E-state index is 12.0. The molecule has 1 aliphatic rings. The molecule has 0 spiro atoms. The molecule has 0 saturated carbocycles. The largest absolute Gasteiger partial charge is 0.483 e. The van der Waals surface area contributed by atoms with E-state index >= 15 is 0 Å². The van der Waals surface area contributed by atoms with Gasteiger partial charge in [0.2, 0.25) is 0 Å². The van der Waals surface area contributed by atoms with E-state index in [9.17, 15) is 9.90 Å². The molecule has 0 unspecified atom stereocenters. The van der Waals surface area contributed by atoms with E-state index in [1.54, 1.807) is 0 Å². The Morgan fingerprint density at radius 3 is 2.67 bits per heavy atom. The second-order valence-electron chi connectivity index (χ2n) is 5.30. The fraction of sp³-hybridized carbons (Fsp3) is 0.353. The molecule has 1 N–H and O–H groups in total. The molecule has 110 valence electrons. The number of hydrogen-bond acceptors (Lipinski definition) is 3. The lowest BCUT2D eigenvalue weighted by Gasteiger charge is -2.17. The van der Waals surface area contributed by atoms with Gasteiger partial charge in [-0.3, -0.25) is 4.79 Å². The number of rotatable bonds is 4. The average molecular weight is 285 g/mol. The Morgan fingerprint density at radius 2 is 1.90 bits per heavy atom. The van der Waals surface area contributed by atoms with Crippen LogP contribution in [0.3, 0.4) is 0 Å². The molecule has 0 radical (unpaired) electrons. The minimum absolute atomic E-state index is 0.0181. The summed E-state index contributed by atoms with van der Waals surface area (Å²) in [5.41, 5.74) is 0.738. The molecule has 21 heavy (non-hydrogen) atoms. The van der Waals surface area contributed by atoms with E-state index in [0.29, 0.717) is 5.75 Å². The highest BCUT2D eigenvalue weighted by Crippen LogP contribution is 2.28. The molecule has 0 aromatic heterocycles. The first kappa shape index (κ1) is 13.9. The van der Waals surface area contributed by atoms with Crippen molar-refractivity contribution in [3.05, 3.63) is 42.0 Å². The predicted molar refractivity (Wildman–Crippen MR) is 81.2 cm³/mol. The molecular weight excluding hydrogens is 266 g/mol. The Kier molecular flexibility index (Phi) is 4.06. The summed E-state index contributed by atoms with van der Waals surface area (Å²) in [6.07, 6.45) is 2.15. The van der Waals surface area contributed by atoms with Gasteiger partial charge in [-0.05, 0) is 29.7 Å². The lowest BCUT2D eigenvalue weighted by Crippen LogP contribution is -2.32. The molecule has 1 aliphatic heterocycles. The van der Waals surface area contributed by atoms with Gasteiger partial charge in [-0.2, -0.15) is 0 Å². The first-order chi connectivity index (χ1) is 10.3. The van der Waals surface area contributed by atoms with Gasteiger partial charge >= 0.3 is 0 Å². The smallest absolute Gasteiger partial charge is 0.260 e. The van der Waals surface area contributed by atoms with Crippen LogP contribution in [0.4, 0.5) is 0 Å². The minimum Gasteiger partial charge on any atom is -0.483 e. The van der Waals surface area contributed by atoms with Crippen LogP contribution >= 0.6 is 0 Å². The molecule has 1 heterocycles. The van der Waals surface area contributed by atoms with Gasteiger partial charge in [-0.15, -0.1) is 0 Å². The summed E-state index contributed by atoms with van der Waals surface area (Å²) in [6.45, 7) is 1.58. The fourth-order valence-corrected chi connectivity index (χ4v) is 2.81. The van der Waals surface area contributed by atoms with Gasteiger partial charge in [0.05, 0.1) is 6.61 Å². The third kappa shape index (κ3) is 2.85. The zero-order valence-corrected chi connectivity index (χ0v) is 11.9. The Labute approximate surface area is 123 Å². The molecule has 4 nitrogen and oxygen atoms in total. The van der Waals surface area contributed by atoms with Gasteiger partial charge < -0.3 is 14.7 Å². The van der Waals surface area contributed by atoms with Crippen LogP contribution in [0, 0.1) is 0 Å². The van der Waals surface area contributed by atoms with Gasteiger partial charge in [-0.1, -0.05) is 30.3 Å². The predicted octanol–water partition coefficient (Wildman–Crippen LogP) is 2.33. The van der Waals surface area contributed by atoms with Gasteiger partial charge in [0.1, 0.15) is 5.75 Å². The third-order valence-corrected chi connectivity index (χ3v) is 3.97. The SMILES string of the molecule is O=C(COc1ccc2ccccc2c1CO)N1CCCC1. The molecule has 4 heteroatoms. The first-order valence-electron chi connectivity index (χ1n) is 7.31. The molecule has 2 aromatic rings. The molecule has 1 saturated heterocycles. The van der Waals surface area contributed by atoms with Crippen molar-refractivity contribution in [1.29, 1.82) is 0 Å². The Morgan fingerprint density at radius 1 is 1.14 bits per heavy atom. The number of aliphatic hydroxyl groups is 1. The van der Waals surface area contributed by atoms with E-state index in [0.717, 1.165) is 42.3 Å². The molecule has 2 aromatic carbocycles. The topological polar surface area (TPSA) is 49.8 Å². The van der Waals surface area contributed by atoms with Crippen molar-refractivity contribution in [3.63, 3.8) is 0 Å². The number of hydrogen-bond donors (Lipinski definition) is 1. The molecule has 1 amide bonds. The monoisotopic (exact) mass is 285 g/mol. The second kappa shape index (κ2) is 6.14. The standard InChI is InChI=1S/C17H19NO3/c19-11-15-14-6-2-1-5-13(14)7-8-16(15)21-12-17(20)18-9-3-4-10-18/h1-2,5-8,19H,3-4,9-12H2. The Bertz CT molecular complexity index is 648. The summed E-state index contributed by atoms with van der Waals surface area (Å²) in [5.74, 6) is 0.605. The maximum absolute atomic E-state index is 12.0. The van der Waals surface area contributed by atoms with E-state index in [-0.39, 0.29) is 19.1 Å². The third-order valence-electron chi connectivity index (χ3n) is 3.97. The van der Waals surface area contributed by atoms with Gasteiger partial charge in [0.15, 0.2) is 6.61 Å². The summed E-state index contributed by atoms with van der Waals surface area (Å²) in [7, 11) is 0. The van der Waals surface area contributed by atoms with Gasteiger partial charge in [-0.25, -0.2) is 0 Å². The maximum Gasteiger partial charge on any atom is 0.260 e. The van der Waals surface area contributed by atoms with Crippen molar-refractivity contribution in [3.8, 4) is 5.75 Å². The van der Waals surface area contributed by atoms with E-state index < -0.39 is 0 Å². The number of carbonyl (C=O) groups is 1. The number of likely N-dealkylation sites (tertiary alicyclic amines) is 1. The van der Waals surface area contributed by atoms with E-state index in [1.165, 1.54) is 0 Å². The van der Waals surface area contributed by atoms with Crippen LogP contribution in [-0.4, -0.2) is 35.6 Å². The first-order valence-corrected chi connectivity index (χ1v) is 7.31. The van der Waals surface area contributed by atoms with E-state index in [2.05, 4.69) is 0 Å². The number of carbonyl (C=O) groups excluding carboxylic acids is 1. The number of aliphatic hydroxyl groups excluding tert-OH is 1. The van der Waals surface area contributed by atoms with Crippen LogP contribution in [0.15, 0.2) is 36.4 Å². The van der Waals surface area contributed by atoms with Crippen molar-refractivity contribution in [2.45, 2.75) is 19.4 Å².